The first-order chi connectivity index (χ1) is 7.79. The average molecular weight is 222 g/mol. The molecule has 3 nitrogen and oxygen atoms in total. The van der Waals surface area contributed by atoms with Gasteiger partial charge >= 0.3 is 0 Å². The molecule has 0 radical (unpaired) electrons. The Bertz CT molecular complexity index is 315. The second kappa shape index (κ2) is 5.51. The lowest BCUT2D eigenvalue weighted by Crippen LogP contribution is -2.32. The molecule has 1 aliphatic rings. The summed E-state index contributed by atoms with van der Waals surface area (Å²) in [6.45, 7) is 4.33. The zero-order valence-corrected chi connectivity index (χ0v) is 10.3. The van der Waals surface area contributed by atoms with Crippen molar-refractivity contribution in [1.82, 2.24) is 10.6 Å². The molecule has 1 aromatic rings. The van der Waals surface area contributed by atoms with E-state index in [4.69, 9.17) is 4.42 Å². The van der Waals surface area contributed by atoms with Gasteiger partial charge in [-0.05, 0) is 64.4 Å². The van der Waals surface area contributed by atoms with Crippen LogP contribution in [0.25, 0.3) is 0 Å². The molecular weight excluding hydrogens is 200 g/mol. The van der Waals surface area contributed by atoms with Gasteiger partial charge in [0.15, 0.2) is 0 Å². The molecule has 1 saturated heterocycles. The summed E-state index contributed by atoms with van der Waals surface area (Å²) in [5.41, 5.74) is 0. The average Bonchev–Trinajstić information content (AvgIpc) is 2.74. The Morgan fingerprint density at radius 2 is 2.44 bits per heavy atom. The third-order valence-corrected chi connectivity index (χ3v) is 3.42. The Labute approximate surface area is 97.6 Å². The van der Waals surface area contributed by atoms with Crippen molar-refractivity contribution in [2.24, 2.45) is 5.92 Å². The summed E-state index contributed by atoms with van der Waals surface area (Å²) in [4.78, 5) is 0. The maximum absolute atomic E-state index is 5.70. The fourth-order valence-electron chi connectivity index (χ4n) is 2.48. The third-order valence-electron chi connectivity index (χ3n) is 3.42. The molecule has 1 aliphatic heterocycles. The van der Waals surface area contributed by atoms with Crippen molar-refractivity contribution in [3.63, 3.8) is 0 Å². The first-order valence-corrected chi connectivity index (χ1v) is 6.24. The zero-order chi connectivity index (χ0) is 11.4. The zero-order valence-electron chi connectivity index (χ0n) is 10.3. The van der Waals surface area contributed by atoms with Crippen LogP contribution in [0.5, 0.6) is 0 Å². The lowest BCUT2D eigenvalue weighted by Gasteiger charge is -2.26. The van der Waals surface area contributed by atoms with Crippen LogP contribution < -0.4 is 10.6 Å². The summed E-state index contributed by atoms with van der Waals surface area (Å²) < 4.78 is 5.70. The summed E-state index contributed by atoms with van der Waals surface area (Å²) in [5, 5.41) is 6.82. The highest BCUT2D eigenvalue weighted by Gasteiger charge is 2.20. The topological polar surface area (TPSA) is 37.2 Å². The van der Waals surface area contributed by atoms with Gasteiger partial charge in [-0.3, -0.25) is 0 Å². The quantitative estimate of drug-likeness (QED) is 0.820. The van der Waals surface area contributed by atoms with Gasteiger partial charge in [0.05, 0.1) is 6.04 Å². The van der Waals surface area contributed by atoms with E-state index in [2.05, 4.69) is 16.7 Å². The number of aryl methyl sites for hydroxylation is 1. The third kappa shape index (κ3) is 2.86. The molecular formula is C13H22N2O. The van der Waals surface area contributed by atoms with Gasteiger partial charge < -0.3 is 15.1 Å². The van der Waals surface area contributed by atoms with Gasteiger partial charge in [-0.25, -0.2) is 0 Å². The monoisotopic (exact) mass is 222 g/mol. The van der Waals surface area contributed by atoms with Crippen molar-refractivity contribution >= 4 is 0 Å². The van der Waals surface area contributed by atoms with Gasteiger partial charge in [0.25, 0.3) is 0 Å². The van der Waals surface area contributed by atoms with E-state index in [1.54, 1.807) is 0 Å². The Hall–Kier alpha value is -0.800. The van der Waals surface area contributed by atoms with Crippen LogP contribution in [0, 0.1) is 12.8 Å². The fourth-order valence-corrected chi connectivity index (χ4v) is 2.48. The highest BCUT2D eigenvalue weighted by atomic mass is 16.3. The van der Waals surface area contributed by atoms with E-state index < -0.39 is 0 Å². The minimum absolute atomic E-state index is 0.360. The molecule has 2 N–H and O–H groups in total. The first kappa shape index (κ1) is 11.7. The molecule has 16 heavy (non-hydrogen) atoms. The smallest absolute Gasteiger partial charge is 0.121 e. The molecule has 0 aliphatic carbocycles. The predicted octanol–water partition coefficient (Wildman–Crippen LogP) is 2.24. The van der Waals surface area contributed by atoms with E-state index >= 15 is 0 Å². The normalized spacial score (nSPS) is 23.2. The van der Waals surface area contributed by atoms with E-state index in [1.165, 1.54) is 19.4 Å². The van der Waals surface area contributed by atoms with Crippen molar-refractivity contribution in [1.29, 1.82) is 0 Å². The van der Waals surface area contributed by atoms with E-state index in [1.807, 2.05) is 20.0 Å². The Kier molecular flexibility index (Phi) is 4.02. The van der Waals surface area contributed by atoms with Gasteiger partial charge in [0.1, 0.15) is 11.5 Å². The van der Waals surface area contributed by atoms with Gasteiger partial charge in [-0.1, -0.05) is 0 Å². The molecule has 2 heterocycles. The Morgan fingerprint density at radius 3 is 3.00 bits per heavy atom. The minimum atomic E-state index is 0.360. The molecule has 0 spiro atoms. The van der Waals surface area contributed by atoms with Crippen LogP contribution in [0.15, 0.2) is 16.5 Å². The van der Waals surface area contributed by atoms with Crippen LogP contribution in [0.2, 0.25) is 0 Å². The van der Waals surface area contributed by atoms with Crippen LogP contribution in [0.4, 0.5) is 0 Å². The van der Waals surface area contributed by atoms with Crippen molar-refractivity contribution in [2.75, 3.05) is 20.1 Å². The molecule has 2 rings (SSSR count). The molecule has 90 valence electrons. The predicted molar refractivity (Wildman–Crippen MR) is 65.5 cm³/mol. The maximum atomic E-state index is 5.70. The second-order valence-corrected chi connectivity index (χ2v) is 4.74. The van der Waals surface area contributed by atoms with Crippen LogP contribution in [0.1, 0.15) is 36.8 Å². The van der Waals surface area contributed by atoms with Crippen molar-refractivity contribution < 1.29 is 4.42 Å². The van der Waals surface area contributed by atoms with E-state index in [0.29, 0.717) is 6.04 Å². The molecule has 0 bridgehead atoms. The Morgan fingerprint density at radius 1 is 1.56 bits per heavy atom. The van der Waals surface area contributed by atoms with Crippen LogP contribution in [0.3, 0.4) is 0 Å². The second-order valence-electron chi connectivity index (χ2n) is 4.74. The summed E-state index contributed by atoms with van der Waals surface area (Å²) in [6.07, 6.45) is 3.81. The number of rotatable bonds is 4. The molecule has 1 fully saturated rings. The Balaban J connectivity index is 1.94. The molecule has 0 aromatic carbocycles. The summed E-state index contributed by atoms with van der Waals surface area (Å²) in [5.74, 6) is 2.85. The first-order valence-electron chi connectivity index (χ1n) is 6.24. The largest absolute Gasteiger partial charge is 0.465 e. The van der Waals surface area contributed by atoms with Crippen molar-refractivity contribution in [3.05, 3.63) is 23.7 Å². The fraction of sp³-hybridized carbons (Fsp3) is 0.692. The molecule has 3 heteroatoms. The van der Waals surface area contributed by atoms with E-state index in [-0.39, 0.29) is 0 Å². The molecule has 1 aromatic heterocycles. The SMILES string of the molecule is CNC(CC1CCCNC1)c1ccc(C)o1. The minimum Gasteiger partial charge on any atom is -0.465 e. The van der Waals surface area contributed by atoms with Gasteiger partial charge in [-0.2, -0.15) is 0 Å². The van der Waals surface area contributed by atoms with Crippen molar-refractivity contribution in [2.45, 2.75) is 32.2 Å². The lowest BCUT2D eigenvalue weighted by molar-refractivity contribution is 0.298. The summed E-state index contributed by atoms with van der Waals surface area (Å²) >= 11 is 0. The number of nitrogens with one attached hydrogen (secondary N) is 2. The molecule has 2 atom stereocenters. The number of hydrogen-bond donors (Lipinski definition) is 2. The van der Waals surface area contributed by atoms with Crippen molar-refractivity contribution in [3.8, 4) is 0 Å². The van der Waals surface area contributed by atoms with Gasteiger partial charge in [-0.15, -0.1) is 0 Å². The van der Waals surface area contributed by atoms with Crippen LogP contribution in [-0.4, -0.2) is 20.1 Å². The lowest BCUT2D eigenvalue weighted by atomic mass is 9.91. The molecule has 2 unspecified atom stereocenters. The molecule has 0 amide bonds. The number of hydrogen-bond acceptors (Lipinski definition) is 3. The summed E-state index contributed by atoms with van der Waals surface area (Å²) in [7, 11) is 2.01. The standard InChI is InChI=1S/C13H22N2O/c1-10-5-6-13(16-10)12(14-2)8-11-4-3-7-15-9-11/h5-6,11-12,14-15H,3-4,7-9H2,1-2H3. The van der Waals surface area contributed by atoms with Crippen LogP contribution in [-0.2, 0) is 0 Å². The highest BCUT2D eigenvalue weighted by molar-refractivity contribution is 5.09. The number of piperidine rings is 1. The maximum Gasteiger partial charge on any atom is 0.121 e. The van der Waals surface area contributed by atoms with E-state index in [0.717, 1.165) is 30.4 Å². The summed E-state index contributed by atoms with van der Waals surface area (Å²) in [6, 6.07) is 4.49. The van der Waals surface area contributed by atoms with Crippen LogP contribution >= 0.6 is 0 Å². The van der Waals surface area contributed by atoms with Gasteiger partial charge in [0, 0.05) is 0 Å². The highest BCUT2D eigenvalue weighted by Crippen LogP contribution is 2.26. The number of furan rings is 1. The molecule has 0 saturated carbocycles. The van der Waals surface area contributed by atoms with E-state index in [9.17, 15) is 0 Å². The van der Waals surface area contributed by atoms with Gasteiger partial charge in [0.2, 0.25) is 0 Å².